The summed E-state index contributed by atoms with van der Waals surface area (Å²) in [5.74, 6) is 0.00365. The Morgan fingerprint density at radius 2 is 1.88 bits per heavy atom. The van der Waals surface area contributed by atoms with E-state index in [-0.39, 0.29) is 11.7 Å². The van der Waals surface area contributed by atoms with Crippen molar-refractivity contribution < 1.29 is 9.32 Å². The van der Waals surface area contributed by atoms with Crippen LogP contribution in [0.2, 0.25) is 0 Å². The van der Waals surface area contributed by atoms with Crippen LogP contribution in [0.3, 0.4) is 0 Å². The molecule has 0 saturated carbocycles. The average Bonchev–Trinajstić information content (AvgIpc) is 3.31. The predicted molar refractivity (Wildman–Crippen MR) is 95.2 cm³/mol. The molecular formula is C18H14N4O2S. The second-order valence-corrected chi connectivity index (χ2v) is 6.22. The highest BCUT2D eigenvalue weighted by molar-refractivity contribution is 7.00. The zero-order valence-corrected chi connectivity index (χ0v) is 14.2. The number of fused-ring (bicyclic) bond motifs is 1. The predicted octanol–water partition coefficient (Wildman–Crippen LogP) is 3.62. The highest BCUT2D eigenvalue weighted by Gasteiger charge is 2.18. The Morgan fingerprint density at radius 3 is 2.72 bits per heavy atom. The van der Waals surface area contributed by atoms with Gasteiger partial charge < -0.3 is 9.42 Å². The maximum atomic E-state index is 12.6. The highest BCUT2D eigenvalue weighted by atomic mass is 32.1. The van der Waals surface area contributed by atoms with Crippen molar-refractivity contribution in [3.63, 3.8) is 0 Å². The molecule has 0 unspecified atom stereocenters. The zero-order valence-electron chi connectivity index (χ0n) is 13.4. The lowest BCUT2D eigenvalue weighted by molar-refractivity contribution is 0.0743. The first-order valence-corrected chi connectivity index (χ1v) is 8.42. The third kappa shape index (κ3) is 3.14. The fourth-order valence-corrected chi connectivity index (χ4v) is 3.10. The highest BCUT2D eigenvalue weighted by Crippen LogP contribution is 2.20. The van der Waals surface area contributed by atoms with E-state index in [0.29, 0.717) is 12.2 Å². The molecule has 0 aliphatic rings. The number of aromatic nitrogens is 3. The van der Waals surface area contributed by atoms with Crippen LogP contribution in [0.15, 0.2) is 59.1 Å². The summed E-state index contributed by atoms with van der Waals surface area (Å²) in [6.45, 7) is 0.452. The minimum absolute atomic E-state index is 0.216. The summed E-state index contributed by atoms with van der Waals surface area (Å²) in [4.78, 5) is 14.2. The van der Waals surface area contributed by atoms with E-state index in [1.165, 1.54) is 11.7 Å². The van der Waals surface area contributed by atoms with Crippen molar-refractivity contribution in [3.8, 4) is 11.3 Å². The standard InChI is InChI=1S/C18H14N4O2S/c1-22(11-12-7-8-14-16(9-12)21-25-20-14)18(23)17-10-15(19-24-17)13-5-3-2-4-6-13/h2-10H,11H2,1H3. The first-order valence-electron chi connectivity index (χ1n) is 7.69. The molecule has 2 aromatic carbocycles. The molecule has 0 spiro atoms. The molecule has 6 nitrogen and oxygen atoms in total. The number of carbonyl (C=O) groups is 1. The first kappa shape index (κ1) is 15.5. The van der Waals surface area contributed by atoms with Gasteiger partial charge in [-0.15, -0.1) is 0 Å². The summed E-state index contributed by atoms with van der Waals surface area (Å²) < 4.78 is 13.6. The Hall–Kier alpha value is -3.06. The molecule has 0 radical (unpaired) electrons. The zero-order chi connectivity index (χ0) is 17.2. The molecule has 0 fully saturated rings. The van der Waals surface area contributed by atoms with Crippen molar-refractivity contribution in [1.29, 1.82) is 0 Å². The van der Waals surface area contributed by atoms with Crippen LogP contribution in [0.25, 0.3) is 22.3 Å². The lowest BCUT2D eigenvalue weighted by Gasteiger charge is -2.15. The van der Waals surface area contributed by atoms with Gasteiger partial charge in [-0.1, -0.05) is 41.6 Å². The Labute approximate surface area is 148 Å². The van der Waals surface area contributed by atoms with E-state index in [2.05, 4.69) is 13.9 Å². The van der Waals surface area contributed by atoms with Gasteiger partial charge in [0.2, 0.25) is 5.76 Å². The second kappa shape index (κ2) is 6.45. The van der Waals surface area contributed by atoms with Crippen molar-refractivity contribution in [2.24, 2.45) is 0 Å². The summed E-state index contributed by atoms with van der Waals surface area (Å²) in [6, 6.07) is 17.1. The maximum absolute atomic E-state index is 12.6. The molecule has 124 valence electrons. The number of carbonyl (C=O) groups excluding carboxylic acids is 1. The van der Waals surface area contributed by atoms with Crippen molar-refractivity contribution in [1.82, 2.24) is 18.8 Å². The molecular weight excluding hydrogens is 336 g/mol. The van der Waals surface area contributed by atoms with Gasteiger partial charge in [-0.25, -0.2) is 0 Å². The number of rotatable bonds is 4. The molecule has 0 bridgehead atoms. The summed E-state index contributed by atoms with van der Waals surface area (Å²) in [6.07, 6.45) is 0. The van der Waals surface area contributed by atoms with Crippen molar-refractivity contribution in [2.75, 3.05) is 7.05 Å². The normalized spacial score (nSPS) is 10.9. The fourth-order valence-electron chi connectivity index (χ4n) is 2.58. The van der Waals surface area contributed by atoms with E-state index >= 15 is 0 Å². The van der Waals surface area contributed by atoms with Crippen molar-refractivity contribution in [2.45, 2.75) is 6.54 Å². The Bertz CT molecular complexity index is 1030. The Balaban J connectivity index is 1.51. The van der Waals surface area contributed by atoms with Crippen LogP contribution in [0, 0.1) is 0 Å². The number of nitrogens with zero attached hydrogens (tertiary/aromatic N) is 4. The van der Waals surface area contributed by atoms with Gasteiger partial charge in [0, 0.05) is 25.2 Å². The number of amides is 1. The molecule has 4 aromatic rings. The van der Waals surface area contributed by atoms with Gasteiger partial charge in [0.1, 0.15) is 16.7 Å². The molecule has 0 aliphatic heterocycles. The van der Waals surface area contributed by atoms with E-state index < -0.39 is 0 Å². The largest absolute Gasteiger partial charge is 0.350 e. The van der Waals surface area contributed by atoms with E-state index in [4.69, 9.17) is 4.52 Å². The van der Waals surface area contributed by atoms with Crippen LogP contribution in [-0.4, -0.2) is 31.8 Å². The van der Waals surface area contributed by atoms with Gasteiger partial charge in [0.15, 0.2) is 0 Å². The third-order valence-electron chi connectivity index (χ3n) is 3.88. The molecule has 25 heavy (non-hydrogen) atoms. The summed E-state index contributed by atoms with van der Waals surface area (Å²) in [5, 5.41) is 3.99. The smallest absolute Gasteiger partial charge is 0.292 e. The maximum Gasteiger partial charge on any atom is 0.292 e. The summed E-state index contributed by atoms with van der Waals surface area (Å²) >= 11 is 1.18. The van der Waals surface area contributed by atoms with E-state index in [9.17, 15) is 4.79 Å². The molecule has 7 heteroatoms. The van der Waals surface area contributed by atoms with Crippen LogP contribution in [0.1, 0.15) is 16.1 Å². The Morgan fingerprint density at radius 1 is 1.08 bits per heavy atom. The van der Waals surface area contributed by atoms with Crippen LogP contribution in [0.4, 0.5) is 0 Å². The number of benzene rings is 2. The molecule has 0 saturated heterocycles. The quantitative estimate of drug-likeness (QED) is 0.562. The summed E-state index contributed by atoms with van der Waals surface area (Å²) in [5.41, 5.74) is 4.25. The SMILES string of the molecule is CN(Cc1ccc2nsnc2c1)C(=O)c1cc(-c2ccccc2)no1. The monoisotopic (exact) mass is 350 g/mol. The molecule has 0 N–H and O–H groups in total. The lowest BCUT2D eigenvalue weighted by Crippen LogP contribution is -2.25. The van der Waals surface area contributed by atoms with Crippen LogP contribution in [-0.2, 0) is 6.54 Å². The van der Waals surface area contributed by atoms with Crippen molar-refractivity contribution in [3.05, 3.63) is 65.9 Å². The van der Waals surface area contributed by atoms with E-state index in [1.807, 2.05) is 48.5 Å². The van der Waals surface area contributed by atoms with Gasteiger partial charge in [-0.2, -0.15) is 8.75 Å². The van der Waals surface area contributed by atoms with E-state index in [0.717, 1.165) is 22.2 Å². The number of hydrogen-bond donors (Lipinski definition) is 0. The topological polar surface area (TPSA) is 72.1 Å². The van der Waals surface area contributed by atoms with Gasteiger partial charge in [0.25, 0.3) is 5.91 Å². The van der Waals surface area contributed by atoms with Crippen LogP contribution >= 0.6 is 11.7 Å². The Kier molecular flexibility index (Phi) is 3.99. The molecule has 2 aromatic heterocycles. The molecule has 0 aliphatic carbocycles. The summed E-state index contributed by atoms with van der Waals surface area (Å²) in [7, 11) is 1.73. The minimum atomic E-state index is -0.216. The van der Waals surface area contributed by atoms with Crippen LogP contribution in [0.5, 0.6) is 0 Å². The van der Waals surface area contributed by atoms with Crippen molar-refractivity contribution >= 4 is 28.7 Å². The second-order valence-electron chi connectivity index (χ2n) is 5.69. The first-order chi connectivity index (χ1) is 12.2. The average molecular weight is 350 g/mol. The molecule has 4 rings (SSSR count). The van der Waals surface area contributed by atoms with Crippen LogP contribution < -0.4 is 0 Å². The molecule has 2 heterocycles. The van der Waals surface area contributed by atoms with Gasteiger partial charge in [-0.3, -0.25) is 4.79 Å². The number of hydrogen-bond acceptors (Lipinski definition) is 6. The minimum Gasteiger partial charge on any atom is -0.350 e. The lowest BCUT2D eigenvalue weighted by atomic mass is 10.1. The third-order valence-corrected chi connectivity index (χ3v) is 4.43. The van der Waals surface area contributed by atoms with E-state index in [1.54, 1.807) is 18.0 Å². The molecule has 1 amide bonds. The van der Waals surface area contributed by atoms with Gasteiger partial charge in [0.05, 0.1) is 11.7 Å². The van der Waals surface area contributed by atoms with Gasteiger partial charge >= 0.3 is 0 Å². The molecule has 0 atom stereocenters. The fraction of sp³-hybridized carbons (Fsp3) is 0.111. The van der Waals surface area contributed by atoms with Gasteiger partial charge in [-0.05, 0) is 17.7 Å².